The van der Waals surface area contributed by atoms with Gasteiger partial charge in [0.15, 0.2) is 5.60 Å². The van der Waals surface area contributed by atoms with Crippen molar-refractivity contribution >= 4 is 15.9 Å². The second-order valence-corrected chi connectivity index (χ2v) is 4.64. The van der Waals surface area contributed by atoms with Crippen LogP contribution in [0.2, 0.25) is 0 Å². The summed E-state index contributed by atoms with van der Waals surface area (Å²) in [6.45, 7) is 3.48. The largest absolute Gasteiger partial charge is 0.493 e. The Morgan fingerprint density at radius 2 is 1.89 bits per heavy atom. The van der Waals surface area contributed by atoms with Crippen LogP contribution in [0.25, 0.3) is 0 Å². The number of hydrogen-bond donors (Lipinski definition) is 1. The minimum atomic E-state index is -4.71. The highest BCUT2D eigenvalue weighted by atomic mass is 79.9. The lowest BCUT2D eigenvalue weighted by molar-refractivity contribution is -0.267. The standard InChI is InChI=1S/C12H14BrF3O2/c1-3-11(17,12(14,15)16)8-5-6-10(18-4-2)9(13)7-8/h5-7,17H,3-4H2,1-2H3. The molecule has 1 N–H and O–H groups in total. The number of benzene rings is 1. The Balaban J connectivity index is 3.21. The maximum Gasteiger partial charge on any atom is 0.421 e. The predicted molar refractivity (Wildman–Crippen MR) is 65.6 cm³/mol. The highest BCUT2D eigenvalue weighted by molar-refractivity contribution is 9.10. The predicted octanol–water partition coefficient (Wildman–Crippen LogP) is 4.01. The van der Waals surface area contributed by atoms with Gasteiger partial charge in [0, 0.05) is 0 Å². The van der Waals surface area contributed by atoms with Crippen LogP contribution in [-0.4, -0.2) is 17.9 Å². The summed E-state index contributed by atoms with van der Waals surface area (Å²) in [5.74, 6) is 0.446. The molecular weight excluding hydrogens is 313 g/mol. The third-order valence-electron chi connectivity index (χ3n) is 2.69. The molecule has 1 atom stereocenters. The van der Waals surface area contributed by atoms with Crippen molar-refractivity contribution in [1.29, 1.82) is 0 Å². The van der Waals surface area contributed by atoms with Crippen LogP contribution >= 0.6 is 15.9 Å². The van der Waals surface area contributed by atoms with E-state index in [1.165, 1.54) is 25.1 Å². The quantitative estimate of drug-likeness (QED) is 0.905. The van der Waals surface area contributed by atoms with Crippen molar-refractivity contribution in [3.8, 4) is 5.75 Å². The van der Waals surface area contributed by atoms with Crippen molar-refractivity contribution < 1.29 is 23.0 Å². The maximum atomic E-state index is 12.9. The third kappa shape index (κ3) is 2.80. The van der Waals surface area contributed by atoms with Crippen LogP contribution in [0.5, 0.6) is 5.75 Å². The van der Waals surface area contributed by atoms with Crippen molar-refractivity contribution in [1.82, 2.24) is 0 Å². The van der Waals surface area contributed by atoms with Gasteiger partial charge >= 0.3 is 6.18 Å². The molecule has 1 aromatic carbocycles. The molecule has 0 aliphatic rings. The van der Waals surface area contributed by atoms with Gasteiger partial charge < -0.3 is 9.84 Å². The molecule has 0 aliphatic heterocycles. The molecule has 0 fully saturated rings. The van der Waals surface area contributed by atoms with E-state index in [1.54, 1.807) is 6.92 Å². The molecule has 0 aliphatic carbocycles. The van der Waals surface area contributed by atoms with Crippen molar-refractivity contribution in [3.63, 3.8) is 0 Å². The summed E-state index contributed by atoms with van der Waals surface area (Å²) in [5.41, 5.74) is -3.03. The van der Waals surface area contributed by atoms with Gasteiger partial charge in [-0.2, -0.15) is 13.2 Å². The minimum absolute atomic E-state index is 0.201. The van der Waals surface area contributed by atoms with Crippen LogP contribution in [0.1, 0.15) is 25.8 Å². The number of ether oxygens (including phenoxy) is 1. The van der Waals surface area contributed by atoms with Crippen LogP contribution in [0.4, 0.5) is 13.2 Å². The Kier molecular flexibility index (Phi) is 4.66. The van der Waals surface area contributed by atoms with E-state index >= 15 is 0 Å². The van der Waals surface area contributed by atoms with E-state index in [0.29, 0.717) is 16.8 Å². The first-order valence-electron chi connectivity index (χ1n) is 5.48. The van der Waals surface area contributed by atoms with Gasteiger partial charge in [-0.15, -0.1) is 0 Å². The molecule has 1 rings (SSSR count). The van der Waals surface area contributed by atoms with Crippen LogP contribution in [0.15, 0.2) is 22.7 Å². The van der Waals surface area contributed by atoms with Gasteiger partial charge in [-0.1, -0.05) is 13.0 Å². The maximum absolute atomic E-state index is 12.9. The zero-order valence-electron chi connectivity index (χ0n) is 10.0. The molecule has 0 saturated heterocycles. The first-order chi connectivity index (χ1) is 8.26. The van der Waals surface area contributed by atoms with Gasteiger partial charge in [0.1, 0.15) is 5.75 Å². The fourth-order valence-corrected chi connectivity index (χ4v) is 2.09. The fraction of sp³-hybridized carbons (Fsp3) is 0.500. The van der Waals surface area contributed by atoms with Gasteiger partial charge in [-0.05, 0) is 47.0 Å². The molecule has 0 radical (unpaired) electrons. The van der Waals surface area contributed by atoms with E-state index in [9.17, 15) is 18.3 Å². The second kappa shape index (κ2) is 5.48. The fourth-order valence-electron chi connectivity index (χ4n) is 1.60. The van der Waals surface area contributed by atoms with Gasteiger partial charge in [-0.3, -0.25) is 0 Å². The van der Waals surface area contributed by atoms with Crippen LogP contribution in [0, 0.1) is 0 Å². The summed E-state index contributed by atoms with van der Waals surface area (Å²) in [6, 6.07) is 3.88. The molecule has 0 saturated carbocycles. The van der Waals surface area contributed by atoms with Gasteiger partial charge in [0.05, 0.1) is 11.1 Å². The topological polar surface area (TPSA) is 29.5 Å². The summed E-state index contributed by atoms with van der Waals surface area (Å²) < 4.78 is 44.2. The summed E-state index contributed by atoms with van der Waals surface area (Å²) in [6.07, 6.45) is -5.16. The number of aliphatic hydroxyl groups is 1. The summed E-state index contributed by atoms with van der Waals surface area (Å²) in [5, 5.41) is 9.79. The highest BCUT2D eigenvalue weighted by Crippen LogP contribution is 2.43. The van der Waals surface area contributed by atoms with Gasteiger partial charge in [0.2, 0.25) is 0 Å². The molecule has 102 valence electrons. The highest BCUT2D eigenvalue weighted by Gasteiger charge is 2.53. The molecule has 0 amide bonds. The average molecular weight is 327 g/mol. The molecule has 1 aromatic rings. The lowest BCUT2D eigenvalue weighted by Gasteiger charge is -2.30. The average Bonchev–Trinajstić information content (AvgIpc) is 2.29. The van der Waals surface area contributed by atoms with Crippen molar-refractivity contribution in [2.24, 2.45) is 0 Å². The molecule has 18 heavy (non-hydrogen) atoms. The third-order valence-corrected chi connectivity index (χ3v) is 3.31. The second-order valence-electron chi connectivity index (χ2n) is 3.79. The lowest BCUT2D eigenvalue weighted by atomic mass is 9.90. The molecule has 2 nitrogen and oxygen atoms in total. The monoisotopic (exact) mass is 326 g/mol. The Bertz CT molecular complexity index is 420. The van der Waals surface area contributed by atoms with Crippen LogP contribution in [-0.2, 0) is 5.60 Å². The van der Waals surface area contributed by atoms with E-state index in [4.69, 9.17) is 4.74 Å². The normalized spacial score (nSPS) is 15.3. The summed E-state index contributed by atoms with van der Waals surface area (Å²) in [7, 11) is 0. The smallest absolute Gasteiger partial charge is 0.421 e. The number of halogens is 4. The van der Waals surface area contributed by atoms with E-state index in [1.807, 2.05) is 0 Å². The molecule has 0 bridgehead atoms. The number of alkyl halides is 3. The number of hydrogen-bond acceptors (Lipinski definition) is 2. The van der Waals surface area contributed by atoms with Crippen molar-refractivity contribution in [2.75, 3.05) is 6.61 Å². The summed E-state index contributed by atoms with van der Waals surface area (Å²) in [4.78, 5) is 0. The zero-order chi connectivity index (χ0) is 14.0. The summed E-state index contributed by atoms with van der Waals surface area (Å²) >= 11 is 3.13. The SMILES string of the molecule is CCOc1ccc(C(O)(CC)C(F)(F)F)cc1Br. The lowest BCUT2D eigenvalue weighted by Crippen LogP contribution is -2.41. The molecule has 1 unspecified atom stereocenters. The molecule has 0 spiro atoms. The van der Waals surface area contributed by atoms with Gasteiger partial charge in [0.25, 0.3) is 0 Å². The zero-order valence-corrected chi connectivity index (χ0v) is 11.6. The minimum Gasteiger partial charge on any atom is -0.493 e. The number of rotatable bonds is 4. The molecular formula is C12H14BrF3O2. The van der Waals surface area contributed by atoms with E-state index in [2.05, 4.69) is 15.9 Å². The van der Waals surface area contributed by atoms with Crippen LogP contribution < -0.4 is 4.74 Å². The Morgan fingerprint density at radius 1 is 1.28 bits per heavy atom. The van der Waals surface area contributed by atoms with Gasteiger partial charge in [-0.25, -0.2) is 0 Å². The van der Waals surface area contributed by atoms with Crippen molar-refractivity contribution in [3.05, 3.63) is 28.2 Å². The Labute approximate surface area is 112 Å². The molecule has 0 aromatic heterocycles. The Hall–Kier alpha value is -0.750. The molecule has 6 heteroatoms. The van der Waals surface area contributed by atoms with Crippen LogP contribution in [0.3, 0.4) is 0 Å². The molecule has 0 heterocycles. The van der Waals surface area contributed by atoms with E-state index < -0.39 is 18.2 Å². The first-order valence-corrected chi connectivity index (χ1v) is 6.27. The van der Waals surface area contributed by atoms with Crippen molar-refractivity contribution in [2.45, 2.75) is 32.0 Å². The first kappa shape index (κ1) is 15.3. The van der Waals surface area contributed by atoms with E-state index in [0.717, 1.165) is 0 Å². The Morgan fingerprint density at radius 3 is 2.28 bits per heavy atom. The van der Waals surface area contributed by atoms with E-state index in [-0.39, 0.29) is 5.56 Å².